The van der Waals surface area contributed by atoms with Gasteiger partial charge in [-0.05, 0) is 69.4 Å². The van der Waals surface area contributed by atoms with Crippen LogP contribution in [-0.4, -0.2) is 37.3 Å². The molecule has 0 radical (unpaired) electrons. The van der Waals surface area contributed by atoms with Gasteiger partial charge < -0.3 is 9.80 Å². The molecule has 4 rings (SSSR count). The van der Waals surface area contributed by atoms with Crippen molar-refractivity contribution in [2.24, 2.45) is 0 Å². The Balaban J connectivity index is 1.62. The fourth-order valence-corrected chi connectivity index (χ4v) is 5.27. The minimum absolute atomic E-state index is 0.121. The third kappa shape index (κ3) is 3.57. The van der Waals surface area contributed by atoms with E-state index >= 15 is 0 Å². The standard InChI is InChI=1S/C21H26N2S2/c1-22-13-6-5-7-16(22)12-14-23-18-8-3-4-9-20(18)25-21-11-10-17(24-2)15-19(21)23/h3-4,8-11,15-16H,5-7,12-14H2,1-2H3/i1D3. The molecule has 1 saturated heterocycles. The van der Waals surface area contributed by atoms with Crippen LogP contribution in [0.5, 0.6) is 0 Å². The molecular formula is C21H26N2S2. The molecule has 2 nitrogen and oxygen atoms in total. The number of para-hydroxylation sites is 1. The number of thioether (sulfide) groups is 1. The van der Waals surface area contributed by atoms with Crippen molar-refractivity contribution in [3.05, 3.63) is 42.5 Å². The van der Waals surface area contributed by atoms with E-state index in [1.165, 1.54) is 26.1 Å². The molecular weight excluding hydrogens is 344 g/mol. The first-order valence-corrected chi connectivity index (χ1v) is 11.0. The van der Waals surface area contributed by atoms with Gasteiger partial charge in [-0.2, -0.15) is 0 Å². The van der Waals surface area contributed by atoms with E-state index in [-0.39, 0.29) is 6.04 Å². The van der Waals surface area contributed by atoms with Crippen LogP contribution in [0.1, 0.15) is 29.8 Å². The molecule has 1 atom stereocenters. The lowest BCUT2D eigenvalue weighted by Crippen LogP contribution is -2.38. The number of rotatable bonds is 4. The zero-order chi connectivity index (χ0) is 19.7. The fourth-order valence-electron chi connectivity index (χ4n) is 3.76. The second-order valence-corrected chi connectivity index (χ2v) is 8.65. The van der Waals surface area contributed by atoms with E-state index in [2.05, 4.69) is 53.6 Å². The Morgan fingerprint density at radius 2 is 2.04 bits per heavy atom. The van der Waals surface area contributed by atoms with Gasteiger partial charge in [0.15, 0.2) is 0 Å². The monoisotopic (exact) mass is 373 g/mol. The van der Waals surface area contributed by atoms with Gasteiger partial charge in [-0.25, -0.2) is 0 Å². The molecule has 0 spiro atoms. The summed E-state index contributed by atoms with van der Waals surface area (Å²) >= 11 is 3.58. The summed E-state index contributed by atoms with van der Waals surface area (Å²) in [4.78, 5) is 7.94. The topological polar surface area (TPSA) is 6.48 Å². The first-order valence-electron chi connectivity index (χ1n) is 10.5. The Hall–Kier alpha value is -1.10. The van der Waals surface area contributed by atoms with E-state index in [9.17, 15) is 0 Å². The van der Waals surface area contributed by atoms with Gasteiger partial charge in [0.25, 0.3) is 0 Å². The van der Waals surface area contributed by atoms with E-state index < -0.39 is 6.98 Å². The van der Waals surface area contributed by atoms with Gasteiger partial charge in [0.05, 0.1) is 11.4 Å². The summed E-state index contributed by atoms with van der Waals surface area (Å²) in [5.41, 5.74) is 2.47. The number of benzene rings is 2. The van der Waals surface area contributed by atoms with Gasteiger partial charge in [0.1, 0.15) is 0 Å². The summed E-state index contributed by atoms with van der Waals surface area (Å²) in [5, 5.41) is 0. The number of anilines is 2. The van der Waals surface area contributed by atoms with Crippen molar-refractivity contribution >= 4 is 34.9 Å². The van der Waals surface area contributed by atoms with Gasteiger partial charge in [-0.1, -0.05) is 30.3 Å². The van der Waals surface area contributed by atoms with Crippen LogP contribution < -0.4 is 4.90 Å². The minimum atomic E-state index is -2.00. The lowest BCUT2D eigenvalue weighted by atomic mass is 9.99. The number of fused-ring (bicyclic) bond motifs is 2. The molecule has 0 amide bonds. The lowest BCUT2D eigenvalue weighted by Gasteiger charge is -2.37. The highest BCUT2D eigenvalue weighted by Crippen LogP contribution is 2.49. The van der Waals surface area contributed by atoms with Crippen molar-refractivity contribution in [2.75, 3.05) is 31.2 Å². The smallest absolute Gasteiger partial charge is 0.0564 e. The van der Waals surface area contributed by atoms with Crippen LogP contribution in [0.3, 0.4) is 0 Å². The highest BCUT2D eigenvalue weighted by molar-refractivity contribution is 8.00. The maximum Gasteiger partial charge on any atom is 0.0564 e. The van der Waals surface area contributed by atoms with Crippen LogP contribution in [0.4, 0.5) is 11.4 Å². The molecule has 2 aliphatic heterocycles. The molecule has 1 fully saturated rings. The van der Waals surface area contributed by atoms with Gasteiger partial charge in [-0.3, -0.25) is 0 Å². The third-order valence-corrected chi connectivity index (χ3v) is 7.00. The van der Waals surface area contributed by atoms with Crippen molar-refractivity contribution in [3.8, 4) is 0 Å². The molecule has 0 bridgehead atoms. The van der Waals surface area contributed by atoms with Crippen LogP contribution in [0, 0.1) is 0 Å². The molecule has 4 heteroatoms. The normalized spacial score (nSPS) is 22.5. The molecule has 0 aromatic heterocycles. The Morgan fingerprint density at radius 1 is 1.16 bits per heavy atom. The average Bonchev–Trinajstić information content (AvgIpc) is 2.70. The molecule has 0 aliphatic carbocycles. The van der Waals surface area contributed by atoms with Crippen LogP contribution in [0.25, 0.3) is 0 Å². The second-order valence-electron chi connectivity index (χ2n) is 6.69. The summed E-state index contributed by atoms with van der Waals surface area (Å²) in [7, 11) is 0. The van der Waals surface area contributed by atoms with Crippen molar-refractivity contribution in [2.45, 2.75) is 46.4 Å². The Kier molecular flexibility index (Phi) is 4.29. The largest absolute Gasteiger partial charge is 0.340 e. The minimum Gasteiger partial charge on any atom is -0.340 e. The molecule has 2 heterocycles. The van der Waals surface area contributed by atoms with Crippen molar-refractivity contribution in [3.63, 3.8) is 0 Å². The number of likely N-dealkylation sites (tertiary alicyclic amines) is 1. The zero-order valence-electron chi connectivity index (χ0n) is 17.6. The van der Waals surface area contributed by atoms with Gasteiger partial charge in [-0.15, -0.1) is 11.8 Å². The van der Waals surface area contributed by atoms with Gasteiger partial charge in [0.2, 0.25) is 0 Å². The van der Waals surface area contributed by atoms with E-state index in [1.54, 1.807) is 16.7 Å². The van der Waals surface area contributed by atoms with Gasteiger partial charge in [0, 0.05) is 31.4 Å². The van der Waals surface area contributed by atoms with Crippen molar-refractivity contribution in [1.82, 2.24) is 4.90 Å². The van der Waals surface area contributed by atoms with Crippen molar-refractivity contribution in [1.29, 1.82) is 0 Å². The fraction of sp³-hybridized carbons (Fsp3) is 0.429. The summed E-state index contributed by atoms with van der Waals surface area (Å²) in [6.07, 6.45) is 6.04. The maximum absolute atomic E-state index is 7.91. The molecule has 0 N–H and O–H groups in total. The number of hydrogen-bond acceptors (Lipinski definition) is 4. The Morgan fingerprint density at radius 3 is 2.92 bits per heavy atom. The third-order valence-electron chi connectivity index (χ3n) is 5.15. The Bertz CT molecular complexity index is 841. The second kappa shape index (κ2) is 7.65. The van der Waals surface area contributed by atoms with E-state index in [1.807, 2.05) is 11.8 Å². The SMILES string of the molecule is [2H]C([2H])([2H])N1CCCCC1CCN1c2ccccc2Sc2ccc(SC)cc21. The molecule has 1 unspecified atom stereocenters. The molecule has 2 aromatic rings. The first-order chi connectivity index (χ1) is 13.5. The van der Waals surface area contributed by atoms with Crippen LogP contribution in [-0.2, 0) is 0 Å². The number of piperidine rings is 1. The number of nitrogens with zero attached hydrogens (tertiary/aromatic N) is 2. The van der Waals surface area contributed by atoms with Gasteiger partial charge >= 0.3 is 0 Å². The van der Waals surface area contributed by atoms with Crippen LogP contribution >= 0.6 is 23.5 Å². The Labute approximate surface area is 164 Å². The van der Waals surface area contributed by atoms with Crippen molar-refractivity contribution < 1.29 is 4.11 Å². The maximum atomic E-state index is 7.91. The molecule has 25 heavy (non-hydrogen) atoms. The highest BCUT2D eigenvalue weighted by Gasteiger charge is 2.25. The van der Waals surface area contributed by atoms with E-state index in [4.69, 9.17) is 4.11 Å². The summed E-state index contributed by atoms with van der Waals surface area (Å²) in [6, 6.07) is 15.3. The molecule has 0 saturated carbocycles. The molecule has 2 aliphatic rings. The molecule has 132 valence electrons. The van der Waals surface area contributed by atoms with E-state index in [0.29, 0.717) is 6.54 Å². The zero-order valence-corrected chi connectivity index (χ0v) is 16.2. The number of hydrogen-bond donors (Lipinski definition) is 0. The summed E-state index contributed by atoms with van der Waals surface area (Å²) in [6.45, 7) is -0.481. The first kappa shape index (κ1) is 14.0. The van der Waals surface area contributed by atoms with E-state index in [0.717, 1.165) is 32.2 Å². The quantitative estimate of drug-likeness (QED) is 0.617. The summed E-state index contributed by atoms with van der Waals surface area (Å²) in [5.74, 6) is 0. The highest BCUT2D eigenvalue weighted by atomic mass is 32.2. The van der Waals surface area contributed by atoms with Crippen LogP contribution in [0.2, 0.25) is 0 Å². The predicted molar refractivity (Wildman–Crippen MR) is 111 cm³/mol. The average molecular weight is 374 g/mol. The lowest BCUT2D eigenvalue weighted by molar-refractivity contribution is 0.178. The van der Waals surface area contributed by atoms with Crippen LogP contribution in [0.15, 0.2) is 57.2 Å². The summed E-state index contributed by atoms with van der Waals surface area (Å²) < 4.78 is 23.7. The predicted octanol–water partition coefficient (Wildman–Crippen LogP) is 5.89. The molecule has 2 aromatic carbocycles.